The lowest BCUT2D eigenvalue weighted by atomic mass is 9.90. The average molecular weight is 462 g/mol. The van der Waals surface area contributed by atoms with Crippen molar-refractivity contribution in [3.05, 3.63) is 46.8 Å². The van der Waals surface area contributed by atoms with Gasteiger partial charge in [-0.25, -0.2) is 17.2 Å². The number of halogens is 2. The molecule has 1 aliphatic carbocycles. The number of hydrogen-bond donors (Lipinski definition) is 1. The topological polar surface area (TPSA) is 75.2 Å². The summed E-state index contributed by atoms with van der Waals surface area (Å²) >= 11 is 0. The molecule has 32 heavy (non-hydrogen) atoms. The summed E-state index contributed by atoms with van der Waals surface area (Å²) in [4.78, 5) is 17.1. The Labute approximate surface area is 184 Å². The van der Waals surface area contributed by atoms with Crippen LogP contribution < -0.4 is 10.5 Å². The largest absolute Gasteiger partial charge is 0.370 e. The van der Waals surface area contributed by atoms with E-state index in [-0.39, 0.29) is 21.4 Å². The third kappa shape index (κ3) is 3.09. The van der Waals surface area contributed by atoms with Crippen LogP contribution in [0.25, 0.3) is 22.0 Å². The van der Waals surface area contributed by atoms with Gasteiger partial charge in [-0.15, -0.1) is 0 Å². The van der Waals surface area contributed by atoms with E-state index in [0.717, 1.165) is 6.26 Å². The predicted octanol–water partition coefficient (Wildman–Crippen LogP) is 3.79. The van der Waals surface area contributed by atoms with Crippen molar-refractivity contribution in [2.75, 3.05) is 24.2 Å². The van der Waals surface area contributed by atoms with E-state index < -0.39 is 21.3 Å². The molecule has 3 aromatic rings. The highest BCUT2D eigenvalue weighted by Gasteiger charge is 2.65. The molecule has 1 unspecified atom stereocenters. The Balaban J connectivity index is 1.62. The summed E-state index contributed by atoms with van der Waals surface area (Å²) in [5.41, 5.74) is -0.575. The van der Waals surface area contributed by atoms with Crippen molar-refractivity contribution >= 4 is 26.4 Å². The number of aromatic amines is 1. The van der Waals surface area contributed by atoms with Crippen molar-refractivity contribution in [3.8, 4) is 11.1 Å². The molecule has 0 radical (unpaired) electrons. The Kier molecular flexibility index (Phi) is 4.41. The lowest BCUT2D eigenvalue weighted by Gasteiger charge is -2.35. The molecule has 2 aromatic heterocycles. The zero-order valence-corrected chi connectivity index (χ0v) is 19.0. The number of aromatic nitrogens is 2. The van der Waals surface area contributed by atoms with E-state index in [1.807, 2.05) is 4.90 Å². The van der Waals surface area contributed by atoms with Gasteiger partial charge in [-0.3, -0.25) is 4.79 Å². The molecule has 9 heteroatoms. The maximum atomic E-state index is 15.4. The van der Waals surface area contributed by atoms with Gasteiger partial charge in [0.1, 0.15) is 17.0 Å². The number of H-pyrrole nitrogens is 1. The fourth-order valence-corrected chi connectivity index (χ4v) is 6.14. The summed E-state index contributed by atoms with van der Waals surface area (Å²) < 4.78 is 56.6. The minimum Gasteiger partial charge on any atom is -0.370 e. The molecule has 6 nitrogen and oxygen atoms in total. The van der Waals surface area contributed by atoms with Crippen LogP contribution in [0.3, 0.4) is 0 Å². The number of aryl methyl sites for hydroxylation is 1. The summed E-state index contributed by atoms with van der Waals surface area (Å²) in [5.74, 6) is -0.574. The van der Waals surface area contributed by atoms with Gasteiger partial charge in [-0.2, -0.15) is 0 Å². The lowest BCUT2D eigenvalue weighted by molar-refractivity contribution is 0.214. The van der Waals surface area contributed by atoms with Crippen LogP contribution in [0.1, 0.15) is 26.2 Å². The Bertz CT molecular complexity index is 1410. The van der Waals surface area contributed by atoms with Gasteiger partial charge >= 0.3 is 0 Å². The van der Waals surface area contributed by atoms with Gasteiger partial charge in [-0.05, 0) is 44.4 Å². The normalized spacial score (nSPS) is 22.6. The first kappa shape index (κ1) is 21.2. The Morgan fingerprint density at radius 1 is 1.16 bits per heavy atom. The fourth-order valence-electron chi connectivity index (χ4n) is 5.24. The highest BCUT2D eigenvalue weighted by molar-refractivity contribution is 7.90. The molecule has 1 atom stereocenters. The number of hydrogen-bond acceptors (Lipinski definition) is 4. The van der Waals surface area contributed by atoms with Crippen molar-refractivity contribution in [2.45, 2.75) is 36.8 Å². The highest BCUT2D eigenvalue weighted by Crippen LogP contribution is 2.64. The number of anilines is 1. The monoisotopic (exact) mass is 461 g/mol. The van der Waals surface area contributed by atoms with Crippen LogP contribution in [0.5, 0.6) is 0 Å². The Hall–Kier alpha value is -2.68. The quantitative estimate of drug-likeness (QED) is 0.602. The van der Waals surface area contributed by atoms with Gasteiger partial charge in [0.05, 0.1) is 10.6 Å². The van der Waals surface area contributed by atoms with Crippen LogP contribution in [-0.2, 0) is 16.9 Å². The number of nitrogens with zero attached hydrogens (tertiary/aromatic N) is 2. The highest BCUT2D eigenvalue weighted by atomic mass is 32.2. The number of pyridine rings is 1. The third-order valence-electron chi connectivity index (χ3n) is 7.34. The molecule has 0 amide bonds. The van der Waals surface area contributed by atoms with Gasteiger partial charge in [-0.1, -0.05) is 0 Å². The van der Waals surface area contributed by atoms with Crippen molar-refractivity contribution in [1.82, 2.24) is 9.55 Å². The van der Waals surface area contributed by atoms with Gasteiger partial charge in [0.15, 0.2) is 9.84 Å². The van der Waals surface area contributed by atoms with E-state index in [1.54, 1.807) is 26.2 Å². The van der Waals surface area contributed by atoms with Crippen LogP contribution in [0.4, 0.5) is 14.5 Å². The predicted molar refractivity (Wildman–Crippen MR) is 120 cm³/mol. The molecule has 1 saturated heterocycles. The number of piperidine rings is 1. The van der Waals surface area contributed by atoms with E-state index >= 15 is 4.39 Å². The summed E-state index contributed by atoms with van der Waals surface area (Å²) in [6.45, 7) is 2.57. The van der Waals surface area contributed by atoms with E-state index in [2.05, 4.69) is 4.98 Å². The second-order valence-electron chi connectivity index (χ2n) is 9.44. The van der Waals surface area contributed by atoms with E-state index in [4.69, 9.17) is 0 Å². The number of fused-ring (bicyclic) bond motifs is 1. The fraction of sp³-hybridized carbons (Fsp3) is 0.435. The lowest BCUT2D eigenvalue weighted by Crippen LogP contribution is -2.37. The van der Waals surface area contributed by atoms with E-state index in [0.29, 0.717) is 54.5 Å². The molecule has 1 spiro atoms. The molecular formula is C23H25F2N3O3S. The maximum absolute atomic E-state index is 15.4. The van der Waals surface area contributed by atoms with Gasteiger partial charge in [0.2, 0.25) is 0 Å². The summed E-state index contributed by atoms with van der Waals surface area (Å²) in [6.07, 6.45) is 5.96. The first-order chi connectivity index (χ1) is 14.9. The molecule has 1 saturated carbocycles. The Morgan fingerprint density at radius 2 is 1.81 bits per heavy atom. The molecular weight excluding hydrogens is 436 g/mol. The molecule has 2 fully saturated rings. The first-order valence-electron chi connectivity index (χ1n) is 10.6. The number of sulfone groups is 1. The van der Waals surface area contributed by atoms with E-state index in [9.17, 15) is 17.6 Å². The zero-order valence-electron chi connectivity index (χ0n) is 18.2. The molecule has 1 aromatic carbocycles. The van der Waals surface area contributed by atoms with Gasteiger partial charge in [0.25, 0.3) is 5.56 Å². The number of rotatable bonds is 3. The van der Waals surface area contributed by atoms with Crippen LogP contribution in [0.15, 0.2) is 40.3 Å². The van der Waals surface area contributed by atoms with Crippen molar-refractivity contribution < 1.29 is 17.2 Å². The summed E-state index contributed by atoms with van der Waals surface area (Å²) in [6, 6.07) is 4.29. The maximum Gasteiger partial charge on any atom is 0.274 e. The summed E-state index contributed by atoms with van der Waals surface area (Å²) in [7, 11) is -2.12. The van der Waals surface area contributed by atoms with Crippen LogP contribution >= 0.6 is 0 Å². The second kappa shape index (κ2) is 6.66. The number of nitrogens with one attached hydrogen (secondary N) is 1. The first-order valence-corrected chi connectivity index (χ1v) is 12.5. The van der Waals surface area contributed by atoms with Crippen molar-refractivity contribution in [2.24, 2.45) is 12.5 Å². The molecule has 170 valence electrons. The third-order valence-corrected chi connectivity index (χ3v) is 8.47. The van der Waals surface area contributed by atoms with Crippen molar-refractivity contribution in [1.29, 1.82) is 0 Å². The van der Waals surface area contributed by atoms with E-state index in [1.165, 1.54) is 22.9 Å². The zero-order chi connectivity index (χ0) is 23.1. The van der Waals surface area contributed by atoms with Crippen LogP contribution in [-0.4, -0.2) is 43.0 Å². The molecule has 1 N–H and O–H groups in total. The number of alkyl halides is 1. The van der Waals surface area contributed by atoms with Gasteiger partial charge < -0.3 is 14.5 Å². The summed E-state index contributed by atoms with van der Waals surface area (Å²) in [5, 5.41) is 0.523. The number of benzene rings is 1. The molecule has 2 aliphatic rings. The van der Waals surface area contributed by atoms with Crippen LogP contribution in [0, 0.1) is 11.2 Å². The molecule has 5 rings (SSSR count). The second-order valence-corrected chi connectivity index (χ2v) is 11.4. The SMILES string of the molecule is Cn1cc(-c2cc(S(C)(=O)=O)c(N3CCC4(CC3)CC4(C)F)cc2F)c2cc[nH]c2c1=O. The van der Waals surface area contributed by atoms with Crippen molar-refractivity contribution in [3.63, 3.8) is 0 Å². The average Bonchev–Trinajstić information content (AvgIpc) is 3.05. The molecule has 3 heterocycles. The minimum absolute atomic E-state index is 0.0289. The van der Waals surface area contributed by atoms with Crippen LogP contribution in [0.2, 0.25) is 0 Å². The molecule has 1 aliphatic heterocycles. The molecule has 0 bridgehead atoms. The van der Waals surface area contributed by atoms with Gasteiger partial charge in [0, 0.05) is 60.7 Å². The minimum atomic E-state index is -3.68. The smallest absolute Gasteiger partial charge is 0.274 e. The Morgan fingerprint density at radius 3 is 2.41 bits per heavy atom. The standard InChI is InChI=1S/C23H25F2N3O3S/c1-22(25)13-23(22)5-8-28(9-6-23)18-11-17(24)15(10-19(18)32(3,30)31)16-12-27(2)21(29)20-14(16)4-7-26-20/h4,7,10-12,26H,5-6,8-9,13H2,1-3H3.